The maximum atomic E-state index is 10.2. The zero-order chi connectivity index (χ0) is 13.7. The third-order valence-electron chi connectivity index (χ3n) is 3.84. The molecule has 2 rings (SSSR count). The fourth-order valence-electron chi connectivity index (χ4n) is 2.79. The largest absolute Gasteiger partial charge is 0.507 e. The molecule has 0 aromatic heterocycles. The topological polar surface area (TPSA) is 40.5 Å². The molecule has 1 aliphatic carbocycles. The lowest BCUT2D eigenvalue weighted by atomic mass is 9.91. The van der Waals surface area contributed by atoms with E-state index in [4.69, 9.17) is 0 Å². The fourth-order valence-corrected chi connectivity index (χ4v) is 2.79. The first-order chi connectivity index (χ1) is 9.22. The third-order valence-corrected chi connectivity index (χ3v) is 3.84. The van der Waals surface area contributed by atoms with Crippen LogP contribution in [0.5, 0.6) is 11.5 Å². The van der Waals surface area contributed by atoms with Gasteiger partial charge in [0.1, 0.15) is 11.5 Å². The van der Waals surface area contributed by atoms with Crippen LogP contribution in [0, 0.1) is 0 Å². The monoisotopic (exact) mass is 260 g/mol. The average Bonchev–Trinajstić information content (AvgIpc) is 2.39. The summed E-state index contributed by atoms with van der Waals surface area (Å²) in [5.74, 6) is 0.472. The minimum absolute atomic E-state index is 0.236. The summed E-state index contributed by atoms with van der Waals surface area (Å²) in [6.07, 6.45) is 10.9. The van der Waals surface area contributed by atoms with Gasteiger partial charge in [0.2, 0.25) is 0 Å². The molecule has 0 amide bonds. The first kappa shape index (κ1) is 14.0. The molecule has 0 bridgehead atoms. The Morgan fingerprint density at radius 3 is 2.37 bits per heavy atom. The second-order valence-electron chi connectivity index (χ2n) is 5.44. The number of aryl methyl sites for hydroxylation is 1. The predicted molar refractivity (Wildman–Crippen MR) is 79.4 cm³/mol. The quantitative estimate of drug-likeness (QED) is 0.747. The molecule has 0 saturated heterocycles. The summed E-state index contributed by atoms with van der Waals surface area (Å²) in [6, 6.07) is 3.64. The minimum Gasteiger partial charge on any atom is -0.507 e. The summed E-state index contributed by atoms with van der Waals surface area (Å²) < 4.78 is 0. The molecule has 1 aromatic carbocycles. The van der Waals surface area contributed by atoms with Crippen molar-refractivity contribution in [1.82, 2.24) is 0 Å². The lowest BCUT2D eigenvalue weighted by molar-refractivity contribution is 0.445. The van der Waals surface area contributed by atoms with Gasteiger partial charge < -0.3 is 10.2 Å². The average molecular weight is 260 g/mol. The molecule has 2 N–H and O–H groups in total. The van der Waals surface area contributed by atoms with Crippen molar-refractivity contribution < 1.29 is 10.2 Å². The van der Waals surface area contributed by atoms with Crippen LogP contribution in [-0.2, 0) is 6.42 Å². The Bertz CT molecular complexity index is 437. The third kappa shape index (κ3) is 3.52. The highest BCUT2D eigenvalue weighted by atomic mass is 16.3. The number of hydrogen-bond donors (Lipinski definition) is 2. The molecule has 0 aliphatic heterocycles. The highest BCUT2D eigenvalue weighted by Gasteiger charge is 2.15. The van der Waals surface area contributed by atoms with E-state index in [-0.39, 0.29) is 11.5 Å². The first-order valence-corrected chi connectivity index (χ1v) is 7.46. The van der Waals surface area contributed by atoms with Crippen molar-refractivity contribution >= 4 is 5.57 Å². The summed E-state index contributed by atoms with van der Waals surface area (Å²) in [7, 11) is 0. The van der Waals surface area contributed by atoms with E-state index in [9.17, 15) is 10.2 Å². The fraction of sp³-hybridized carbons (Fsp3) is 0.529. The summed E-state index contributed by atoms with van der Waals surface area (Å²) in [5, 5.41) is 20.4. The van der Waals surface area contributed by atoms with Gasteiger partial charge in [0.15, 0.2) is 0 Å². The molecular formula is C17H24O2. The molecule has 1 aromatic rings. The first-order valence-electron chi connectivity index (χ1n) is 7.46. The van der Waals surface area contributed by atoms with Gasteiger partial charge in [0.25, 0.3) is 0 Å². The Hall–Kier alpha value is -1.44. The van der Waals surface area contributed by atoms with E-state index >= 15 is 0 Å². The van der Waals surface area contributed by atoms with E-state index < -0.39 is 0 Å². The zero-order valence-corrected chi connectivity index (χ0v) is 11.8. The van der Waals surface area contributed by atoms with Crippen molar-refractivity contribution in [2.45, 2.75) is 58.3 Å². The lowest BCUT2D eigenvalue weighted by Gasteiger charge is -2.16. The summed E-state index contributed by atoms with van der Waals surface area (Å²) in [5.41, 5.74) is 2.78. The summed E-state index contributed by atoms with van der Waals surface area (Å²) in [4.78, 5) is 0. The Morgan fingerprint density at radius 2 is 1.79 bits per heavy atom. The molecule has 1 aliphatic rings. The van der Waals surface area contributed by atoms with Gasteiger partial charge in [-0.15, -0.1) is 0 Å². The number of phenolic OH excluding ortho intramolecular Hbond substituents is 2. The van der Waals surface area contributed by atoms with Gasteiger partial charge in [0, 0.05) is 0 Å². The number of rotatable bonds is 5. The van der Waals surface area contributed by atoms with Crippen LogP contribution in [0.3, 0.4) is 0 Å². The van der Waals surface area contributed by atoms with Crippen LogP contribution in [0.2, 0.25) is 0 Å². The van der Waals surface area contributed by atoms with Crippen molar-refractivity contribution in [3.63, 3.8) is 0 Å². The number of benzene rings is 1. The SMILES string of the molecule is CCCCCc1cc(O)c(C2=CCCCC2)c(O)c1. The van der Waals surface area contributed by atoms with Crippen molar-refractivity contribution in [2.75, 3.05) is 0 Å². The van der Waals surface area contributed by atoms with Crippen molar-refractivity contribution in [3.8, 4) is 11.5 Å². The highest BCUT2D eigenvalue weighted by molar-refractivity contribution is 5.75. The molecular weight excluding hydrogens is 236 g/mol. The van der Waals surface area contributed by atoms with E-state index in [1.54, 1.807) is 0 Å². The molecule has 0 unspecified atom stereocenters. The molecule has 0 spiro atoms. The van der Waals surface area contributed by atoms with Gasteiger partial charge in [-0.3, -0.25) is 0 Å². The summed E-state index contributed by atoms with van der Waals surface area (Å²) in [6.45, 7) is 2.17. The van der Waals surface area contributed by atoms with Crippen LogP contribution in [-0.4, -0.2) is 10.2 Å². The molecule has 2 heteroatoms. The molecule has 0 radical (unpaired) electrons. The van der Waals surface area contributed by atoms with Gasteiger partial charge >= 0.3 is 0 Å². The van der Waals surface area contributed by atoms with Crippen molar-refractivity contribution in [3.05, 3.63) is 29.3 Å². The second-order valence-corrected chi connectivity index (χ2v) is 5.44. The maximum absolute atomic E-state index is 10.2. The van der Waals surface area contributed by atoms with Gasteiger partial charge in [-0.1, -0.05) is 25.8 Å². The minimum atomic E-state index is 0.236. The number of aromatic hydroxyl groups is 2. The van der Waals surface area contributed by atoms with Crippen LogP contribution >= 0.6 is 0 Å². The van der Waals surface area contributed by atoms with Crippen LogP contribution in [0.15, 0.2) is 18.2 Å². The number of hydrogen-bond acceptors (Lipinski definition) is 2. The molecule has 0 atom stereocenters. The smallest absolute Gasteiger partial charge is 0.127 e. The highest BCUT2D eigenvalue weighted by Crippen LogP contribution is 2.39. The van der Waals surface area contributed by atoms with Gasteiger partial charge in [-0.25, -0.2) is 0 Å². The van der Waals surface area contributed by atoms with E-state index in [1.807, 2.05) is 12.1 Å². The Labute approximate surface area is 115 Å². The van der Waals surface area contributed by atoms with Gasteiger partial charge in [-0.05, 0) is 61.8 Å². The van der Waals surface area contributed by atoms with E-state index in [0.717, 1.165) is 43.2 Å². The molecule has 19 heavy (non-hydrogen) atoms. The zero-order valence-electron chi connectivity index (χ0n) is 11.8. The number of allylic oxidation sites excluding steroid dienone is 2. The Balaban J connectivity index is 2.19. The molecule has 0 heterocycles. The normalized spacial score (nSPS) is 15.3. The van der Waals surface area contributed by atoms with Crippen LogP contribution in [0.25, 0.3) is 5.57 Å². The second kappa shape index (κ2) is 6.65. The van der Waals surface area contributed by atoms with Crippen LogP contribution in [0.1, 0.15) is 63.0 Å². The number of phenols is 2. The Kier molecular flexibility index (Phi) is 4.89. The van der Waals surface area contributed by atoms with Crippen molar-refractivity contribution in [2.24, 2.45) is 0 Å². The van der Waals surface area contributed by atoms with Crippen LogP contribution < -0.4 is 0 Å². The lowest BCUT2D eigenvalue weighted by Crippen LogP contribution is -1.95. The standard InChI is InChI=1S/C17H24O2/c1-2-3-5-8-13-11-15(18)17(16(19)12-13)14-9-6-4-7-10-14/h9,11-12,18-19H,2-8,10H2,1H3. The maximum Gasteiger partial charge on any atom is 0.127 e. The molecule has 0 fully saturated rings. The van der Waals surface area contributed by atoms with E-state index in [2.05, 4.69) is 13.0 Å². The number of unbranched alkanes of at least 4 members (excludes halogenated alkanes) is 2. The van der Waals surface area contributed by atoms with Gasteiger partial charge in [-0.2, -0.15) is 0 Å². The molecule has 2 nitrogen and oxygen atoms in total. The van der Waals surface area contributed by atoms with Crippen molar-refractivity contribution in [1.29, 1.82) is 0 Å². The molecule has 0 saturated carbocycles. The van der Waals surface area contributed by atoms with Crippen LogP contribution in [0.4, 0.5) is 0 Å². The Morgan fingerprint density at radius 1 is 1.05 bits per heavy atom. The van der Waals surface area contributed by atoms with E-state index in [1.165, 1.54) is 19.3 Å². The predicted octanol–water partition coefficient (Wildman–Crippen LogP) is 4.79. The molecule has 104 valence electrons. The van der Waals surface area contributed by atoms with Gasteiger partial charge in [0.05, 0.1) is 5.56 Å². The van der Waals surface area contributed by atoms with E-state index in [0.29, 0.717) is 5.56 Å². The summed E-state index contributed by atoms with van der Waals surface area (Å²) >= 11 is 0.